The van der Waals surface area contributed by atoms with E-state index in [1.54, 1.807) is 0 Å². The third-order valence-corrected chi connectivity index (χ3v) is 7.81. The number of unbranched alkanes of at least 4 members (excludes halogenated alkanes) is 8. The number of fused-ring (bicyclic) bond motifs is 1. The van der Waals surface area contributed by atoms with E-state index < -0.39 is 0 Å². The van der Waals surface area contributed by atoms with Crippen LogP contribution in [-0.4, -0.2) is 6.61 Å². The number of rotatable bonds is 14. The normalized spacial score (nSPS) is 11.4. The number of hydrogen-bond donors (Lipinski definition) is 0. The molecule has 0 fully saturated rings. The van der Waals surface area contributed by atoms with Crippen LogP contribution in [0.1, 0.15) is 82.9 Å². The van der Waals surface area contributed by atoms with E-state index in [9.17, 15) is 0 Å². The van der Waals surface area contributed by atoms with Gasteiger partial charge in [0.15, 0.2) is 0 Å². The van der Waals surface area contributed by atoms with E-state index in [2.05, 4.69) is 50.2 Å². The van der Waals surface area contributed by atoms with Crippen LogP contribution >= 0.6 is 22.7 Å². The lowest BCUT2D eigenvalue weighted by atomic mass is 10.1. The highest BCUT2D eigenvalue weighted by Gasteiger charge is 2.08. The molecule has 0 amide bonds. The Balaban J connectivity index is 1.36. The molecule has 0 saturated carbocycles. The van der Waals surface area contributed by atoms with Gasteiger partial charge in [-0.15, -0.1) is 22.7 Å². The Bertz CT molecular complexity index is 797. The predicted octanol–water partition coefficient (Wildman–Crippen LogP) is 9.49. The van der Waals surface area contributed by atoms with Crippen molar-refractivity contribution in [2.24, 2.45) is 0 Å². The summed E-state index contributed by atoms with van der Waals surface area (Å²) in [6.07, 6.45) is 14.6. The van der Waals surface area contributed by atoms with Crippen molar-refractivity contribution in [1.82, 2.24) is 0 Å². The van der Waals surface area contributed by atoms with Crippen LogP contribution in [0.3, 0.4) is 0 Å². The van der Waals surface area contributed by atoms with Crippen molar-refractivity contribution in [3.63, 3.8) is 0 Å². The smallest absolute Gasteiger partial charge is 0.119 e. The Morgan fingerprint density at radius 3 is 2.00 bits per heavy atom. The Morgan fingerprint density at radius 1 is 0.690 bits per heavy atom. The molecule has 0 radical (unpaired) electrons. The van der Waals surface area contributed by atoms with Gasteiger partial charge in [0, 0.05) is 19.2 Å². The Morgan fingerprint density at radius 2 is 1.34 bits per heavy atom. The quantitative estimate of drug-likeness (QED) is 0.232. The Hall–Kier alpha value is -1.32. The molecule has 0 aliphatic rings. The number of hydrogen-bond acceptors (Lipinski definition) is 3. The van der Waals surface area contributed by atoms with Crippen LogP contribution in [0.4, 0.5) is 0 Å². The van der Waals surface area contributed by atoms with Crippen LogP contribution in [-0.2, 0) is 6.42 Å². The highest BCUT2D eigenvalue weighted by atomic mass is 32.1. The van der Waals surface area contributed by atoms with Crippen molar-refractivity contribution < 1.29 is 4.74 Å². The molecule has 0 N–H and O–H groups in total. The van der Waals surface area contributed by atoms with Crippen molar-refractivity contribution in [2.75, 3.05) is 6.61 Å². The van der Waals surface area contributed by atoms with E-state index in [4.69, 9.17) is 4.74 Å². The van der Waals surface area contributed by atoms with Crippen molar-refractivity contribution in [2.45, 2.75) is 84.5 Å². The number of thiophene rings is 2. The molecule has 158 valence electrons. The average Bonchev–Trinajstić information content (AvgIpc) is 3.29. The molecule has 1 nitrogen and oxygen atoms in total. The van der Waals surface area contributed by atoms with Crippen LogP contribution < -0.4 is 4.74 Å². The summed E-state index contributed by atoms with van der Waals surface area (Å²) >= 11 is 3.86. The SMILES string of the molecule is CCCCCCCCCCCOc1ccc(-c2cc3sc(CCC)cc3s2)cc1. The van der Waals surface area contributed by atoms with Crippen molar-refractivity contribution >= 4 is 32.1 Å². The molecule has 0 atom stereocenters. The summed E-state index contributed by atoms with van der Waals surface area (Å²) in [6, 6.07) is 13.4. The van der Waals surface area contributed by atoms with Crippen LogP contribution in [0.25, 0.3) is 19.8 Å². The molecule has 2 heterocycles. The topological polar surface area (TPSA) is 9.23 Å². The van der Waals surface area contributed by atoms with Gasteiger partial charge in [0.25, 0.3) is 0 Å². The summed E-state index contributed by atoms with van der Waals surface area (Å²) in [5.41, 5.74) is 1.30. The molecule has 2 aromatic heterocycles. The first-order valence-corrected chi connectivity index (χ1v) is 13.2. The van der Waals surface area contributed by atoms with Gasteiger partial charge in [0.05, 0.1) is 6.61 Å². The summed E-state index contributed by atoms with van der Waals surface area (Å²) in [5, 5.41) is 0. The van der Waals surface area contributed by atoms with Gasteiger partial charge in [-0.05, 0) is 54.8 Å². The molecular weight excluding hydrogens is 392 g/mol. The monoisotopic (exact) mass is 428 g/mol. The number of benzene rings is 1. The van der Waals surface area contributed by atoms with E-state index in [-0.39, 0.29) is 0 Å². The van der Waals surface area contributed by atoms with Crippen molar-refractivity contribution in [3.05, 3.63) is 41.3 Å². The Kier molecular flexibility index (Phi) is 9.56. The van der Waals surface area contributed by atoms with Gasteiger partial charge >= 0.3 is 0 Å². The molecule has 0 saturated heterocycles. The maximum atomic E-state index is 5.95. The first-order chi connectivity index (χ1) is 14.3. The molecule has 0 bridgehead atoms. The Labute approximate surface area is 185 Å². The molecule has 3 rings (SSSR count). The lowest BCUT2D eigenvalue weighted by Crippen LogP contribution is -1.97. The second kappa shape index (κ2) is 12.4. The first-order valence-electron chi connectivity index (χ1n) is 11.6. The number of ether oxygens (including phenoxy) is 1. The fourth-order valence-electron chi connectivity index (χ4n) is 3.72. The molecule has 0 spiro atoms. The van der Waals surface area contributed by atoms with E-state index in [0.29, 0.717) is 0 Å². The third kappa shape index (κ3) is 7.15. The van der Waals surface area contributed by atoms with E-state index in [1.807, 2.05) is 22.7 Å². The summed E-state index contributed by atoms with van der Waals surface area (Å²) in [7, 11) is 0. The highest BCUT2D eigenvalue weighted by molar-refractivity contribution is 7.29. The van der Waals surface area contributed by atoms with Crippen LogP contribution in [0.15, 0.2) is 36.4 Å². The lowest BCUT2D eigenvalue weighted by molar-refractivity contribution is 0.304. The summed E-state index contributed by atoms with van der Waals surface area (Å²) in [6.45, 7) is 5.36. The van der Waals surface area contributed by atoms with Crippen LogP contribution in [0.2, 0.25) is 0 Å². The van der Waals surface area contributed by atoms with E-state index >= 15 is 0 Å². The molecule has 3 heteroatoms. The minimum Gasteiger partial charge on any atom is -0.494 e. The van der Waals surface area contributed by atoms with Gasteiger partial charge < -0.3 is 4.74 Å². The minimum absolute atomic E-state index is 0.837. The van der Waals surface area contributed by atoms with Crippen LogP contribution in [0.5, 0.6) is 5.75 Å². The molecule has 3 aromatic rings. The van der Waals surface area contributed by atoms with Gasteiger partial charge in [-0.1, -0.05) is 71.6 Å². The third-order valence-electron chi connectivity index (χ3n) is 5.41. The lowest BCUT2D eigenvalue weighted by Gasteiger charge is -2.07. The van der Waals surface area contributed by atoms with E-state index in [0.717, 1.165) is 18.8 Å². The van der Waals surface area contributed by atoms with Gasteiger partial charge in [0.1, 0.15) is 5.75 Å². The maximum absolute atomic E-state index is 5.95. The standard InChI is InChI=1S/C26H36OS2/c1-3-5-6-7-8-9-10-11-12-18-27-22-16-14-21(15-17-22)24-20-26-25(29-24)19-23(28-26)13-4-2/h14-17,19-20H,3-13,18H2,1-2H3. The molecule has 1 aromatic carbocycles. The number of aryl methyl sites for hydroxylation is 1. The van der Waals surface area contributed by atoms with Gasteiger partial charge in [-0.3, -0.25) is 0 Å². The van der Waals surface area contributed by atoms with Gasteiger partial charge in [-0.25, -0.2) is 0 Å². The zero-order valence-corrected chi connectivity index (χ0v) is 19.8. The zero-order valence-electron chi connectivity index (χ0n) is 18.2. The second-order valence-electron chi connectivity index (χ2n) is 8.00. The fraction of sp³-hybridized carbons (Fsp3) is 0.538. The fourth-order valence-corrected chi connectivity index (χ4v) is 6.24. The van der Waals surface area contributed by atoms with E-state index in [1.165, 1.54) is 88.9 Å². The molecular formula is C26H36OS2. The minimum atomic E-state index is 0.837. The summed E-state index contributed by atoms with van der Waals surface area (Å²) in [4.78, 5) is 2.88. The summed E-state index contributed by atoms with van der Waals surface area (Å²) in [5.74, 6) is 0.997. The molecule has 29 heavy (non-hydrogen) atoms. The first kappa shape index (κ1) is 22.4. The van der Waals surface area contributed by atoms with Gasteiger partial charge in [-0.2, -0.15) is 0 Å². The highest BCUT2D eigenvalue weighted by Crippen LogP contribution is 2.39. The average molecular weight is 429 g/mol. The summed E-state index contributed by atoms with van der Waals surface area (Å²) < 4.78 is 8.81. The molecule has 0 unspecified atom stereocenters. The predicted molar refractivity (Wildman–Crippen MR) is 132 cm³/mol. The molecule has 0 aliphatic carbocycles. The van der Waals surface area contributed by atoms with Crippen LogP contribution in [0, 0.1) is 0 Å². The zero-order chi connectivity index (χ0) is 20.3. The maximum Gasteiger partial charge on any atom is 0.119 e. The van der Waals surface area contributed by atoms with Crippen molar-refractivity contribution in [1.29, 1.82) is 0 Å². The van der Waals surface area contributed by atoms with Gasteiger partial charge in [0.2, 0.25) is 0 Å². The second-order valence-corrected chi connectivity index (χ2v) is 10.3. The molecule has 0 aliphatic heterocycles. The largest absolute Gasteiger partial charge is 0.494 e. The van der Waals surface area contributed by atoms with Crippen molar-refractivity contribution in [3.8, 4) is 16.2 Å².